The third-order valence-corrected chi connectivity index (χ3v) is 6.40. The molecule has 0 amide bonds. The summed E-state index contributed by atoms with van der Waals surface area (Å²) < 4.78 is 8.22. The Bertz CT molecular complexity index is 1270. The Labute approximate surface area is 212 Å². The first-order chi connectivity index (χ1) is 16.9. The lowest BCUT2D eigenvalue weighted by Crippen LogP contribution is -2.45. The molecule has 188 valence electrons. The highest BCUT2D eigenvalue weighted by atomic mass is 16.5. The zero-order valence-corrected chi connectivity index (χ0v) is 21.9. The number of nitrogens with zero attached hydrogens (tertiary/aromatic N) is 5. The fourth-order valence-electron chi connectivity index (χ4n) is 5.01. The first-order valence-corrected chi connectivity index (χ1v) is 12.3. The van der Waals surface area contributed by atoms with Crippen molar-refractivity contribution in [2.24, 2.45) is 5.92 Å². The van der Waals surface area contributed by atoms with Gasteiger partial charge in [-0.15, -0.1) is 0 Å². The molecule has 8 nitrogen and oxygen atoms in total. The van der Waals surface area contributed by atoms with E-state index >= 15 is 0 Å². The van der Waals surface area contributed by atoms with Crippen LogP contribution in [0.5, 0.6) is 0 Å². The number of carbonyl (C=O) groups is 1. The molecule has 1 fully saturated rings. The van der Waals surface area contributed by atoms with Gasteiger partial charge in [0.25, 0.3) is 0 Å². The maximum Gasteiger partial charge on any atom is 0.227 e. The molecular weight excluding hydrogens is 452 g/mol. The number of carbonyl (C=O) groups excluding carboxylic acids is 1. The van der Waals surface area contributed by atoms with Crippen molar-refractivity contribution in [3.8, 4) is 17.3 Å². The summed E-state index contributed by atoms with van der Waals surface area (Å²) in [4.78, 5) is 21.6. The fraction of sp³-hybridized carbons (Fsp3) is 0.464. The van der Waals surface area contributed by atoms with Gasteiger partial charge in [0.05, 0.1) is 46.8 Å². The lowest BCUT2D eigenvalue weighted by Gasteiger charge is -2.45. The number of nitrogens with one attached hydrogen (secondary N) is 1. The third-order valence-electron chi connectivity index (χ3n) is 6.40. The Hall–Kier alpha value is -3.57. The summed E-state index contributed by atoms with van der Waals surface area (Å²) in [6.45, 7) is 12.2. The van der Waals surface area contributed by atoms with Crippen LogP contribution in [0.25, 0.3) is 11.3 Å². The van der Waals surface area contributed by atoms with E-state index in [4.69, 9.17) is 15.0 Å². The van der Waals surface area contributed by atoms with Gasteiger partial charge in [-0.1, -0.05) is 24.3 Å². The summed E-state index contributed by atoms with van der Waals surface area (Å²) in [7, 11) is 0. The smallest absolute Gasteiger partial charge is 0.227 e. The SMILES string of the molecule is Cc1cnc(Nc2cnn(C3CC(C)(C)OC(C)(C)C3)c2)nc1-c1ccc(C(=O)C[C@@H](C)C#N)cc1. The Balaban J connectivity index is 1.50. The number of aryl methyl sites for hydroxylation is 1. The summed E-state index contributed by atoms with van der Waals surface area (Å²) in [6.07, 6.45) is 7.56. The summed E-state index contributed by atoms with van der Waals surface area (Å²) in [6, 6.07) is 9.70. The van der Waals surface area contributed by atoms with Crippen LogP contribution in [0.3, 0.4) is 0 Å². The number of hydrogen-bond acceptors (Lipinski definition) is 7. The normalized spacial score (nSPS) is 17.8. The lowest BCUT2D eigenvalue weighted by atomic mass is 9.85. The largest absolute Gasteiger partial charge is 0.370 e. The summed E-state index contributed by atoms with van der Waals surface area (Å²) in [5.74, 6) is 0.139. The molecule has 2 aromatic heterocycles. The van der Waals surface area contributed by atoms with E-state index in [9.17, 15) is 4.79 Å². The van der Waals surface area contributed by atoms with E-state index in [0.29, 0.717) is 11.5 Å². The number of Topliss-reactive ketones (excluding diaryl/α,β-unsaturated/α-hetero) is 1. The number of benzene rings is 1. The molecule has 0 bridgehead atoms. The van der Waals surface area contributed by atoms with E-state index in [-0.39, 0.29) is 35.4 Å². The second-order valence-corrected chi connectivity index (χ2v) is 11.0. The Morgan fingerprint density at radius 2 is 1.86 bits per heavy atom. The summed E-state index contributed by atoms with van der Waals surface area (Å²) in [5.41, 5.74) is 3.60. The van der Waals surface area contributed by atoms with Crippen LogP contribution < -0.4 is 5.32 Å². The number of ether oxygens (including phenoxy) is 1. The average Bonchev–Trinajstić information content (AvgIpc) is 3.27. The zero-order chi connectivity index (χ0) is 26.1. The minimum Gasteiger partial charge on any atom is -0.370 e. The van der Waals surface area contributed by atoms with Gasteiger partial charge in [0.1, 0.15) is 0 Å². The number of aromatic nitrogens is 4. The van der Waals surface area contributed by atoms with E-state index in [0.717, 1.165) is 35.3 Å². The minimum atomic E-state index is -0.302. The van der Waals surface area contributed by atoms with Crippen LogP contribution in [-0.4, -0.2) is 36.7 Å². The van der Waals surface area contributed by atoms with Crippen LogP contribution >= 0.6 is 0 Å². The van der Waals surface area contributed by atoms with Gasteiger partial charge >= 0.3 is 0 Å². The zero-order valence-electron chi connectivity index (χ0n) is 21.9. The molecule has 0 saturated carbocycles. The van der Waals surface area contributed by atoms with Crippen LogP contribution in [-0.2, 0) is 4.74 Å². The average molecular weight is 487 g/mol. The first kappa shape index (κ1) is 25.5. The van der Waals surface area contributed by atoms with Crippen molar-refractivity contribution >= 4 is 17.4 Å². The fourth-order valence-corrected chi connectivity index (χ4v) is 5.01. The van der Waals surface area contributed by atoms with Gasteiger partial charge in [-0.05, 0) is 59.9 Å². The Morgan fingerprint density at radius 3 is 2.50 bits per heavy atom. The monoisotopic (exact) mass is 486 g/mol. The van der Waals surface area contributed by atoms with Crippen molar-refractivity contribution in [2.75, 3.05) is 5.32 Å². The van der Waals surface area contributed by atoms with Crippen molar-refractivity contribution in [1.82, 2.24) is 19.7 Å². The minimum absolute atomic E-state index is 0.0364. The van der Waals surface area contributed by atoms with Gasteiger partial charge in [-0.25, -0.2) is 9.97 Å². The number of rotatable bonds is 7. The molecule has 1 aromatic carbocycles. The van der Waals surface area contributed by atoms with Crippen LogP contribution in [0.1, 0.15) is 75.8 Å². The molecule has 8 heteroatoms. The third kappa shape index (κ3) is 5.97. The second-order valence-electron chi connectivity index (χ2n) is 11.0. The van der Waals surface area contributed by atoms with Crippen molar-refractivity contribution in [1.29, 1.82) is 5.26 Å². The molecule has 1 atom stereocenters. The van der Waals surface area contributed by atoms with E-state index < -0.39 is 0 Å². The highest BCUT2D eigenvalue weighted by Gasteiger charge is 2.40. The van der Waals surface area contributed by atoms with E-state index in [1.807, 2.05) is 29.9 Å². The van der Waals surface area contributed by atoms with Gasteiger partial charge in [-0.2, -0.15) is 10.4 Å². The number of anilines is 2. The molecule has 0 radical (unpaired) electrons. The van der Waals surface area contributed by atoms with Crippen LogP contribution in [0, 0.1) is 24.2 Å². The predicted molar refractivity (Wildman–Crippen MR) is 139 cm³/mol. The van der Waals surface area contributed by atoms with Crippen LogP contribution in [0.2, 0.25) is 0 Å². The molecular formula is C28H34N6O2. The van der Waals surface area contributed by atoms with Crippen LogP contribution in [0.15, 0.2) is 42.9 Å². The van der Waals surface area contributed by atoms with Gasteiger partial charge in [0.2, 0.25) is 5.95 Å². The Kier molecular flexibility index (Phi) is 6.96. The van der Waals surface area contributed by atoms with Gasteiger partial charge in [0, 0.05) is 29.9 Å². The van der Waals surface area contributed by atoms with E-state index in [1.54, 1.807) is 31.5 Å². The quantitative estimate of drug-likeness (QED) is 0.406. The predicted octanol–water partition coefficient (Wildman–Crippen LogP) is 6.03. The topological polar surface area (TPSA) is 106 Å². The van der Waals surface area contributed by atoms with E-state index in [1.165, 1.54) is 0 Å². The molecule has 36 heavy (non-hydrogen) atoms. The first-order valence-electron chi connectivity index (χ1n) is 12.3. The Morgan fingerprint density at radius 1 is 1.19 bits per heavy atom. The highest BCUT2D eigenvalue weighted by molar-refractivity contribution is 5.96. The molecule has 1 N–H and O–H groups in total. The van der Waals surface area contributed by atoms with Gasteiger partial charge < -0.3 is 10.1 Å². The summed E-state index contributed by atoms with van der Waals surface area (Å²) in [5, 5.41) is 16.8. The lowest BCUT2D eigenvalue weighted by molar-refractivity contribution is -0.170. The standard InChI is InChI=1S/C28H34N6O2/c1-18(14-29)11-24(35)20-7-9-21(10-8-20)25-19(2)15-30-26(33-25)32-22-16-31-34(17-22)23-12-27(3,4)36-28(5,6)13-23/h7-10,15-18,23H,11-13H2,1-6H3,(H,30,32,33)/t18-/m1/s1. The van der Waals surface area contributed by atoms with Gasteiger partial charge in [0.15, 0.2) is 5.78 Å². The molecule has 3 aromatic rings. The maximum absolute atomic E-state index is 12.4. The van der Waals surface area contributed by atoms with E-state index in [2.05, 4.69) is 49.2 Å². The van der Waals surface area contributed by atoms with Crippen molar-refractivity contribution < 1.29 is 9.53 Å². The number of ketones is 1. The molecule has 3 heterocycles. The maximum atomic E-state index is 12.4. The molecule has 0 spiro atoms. The van der Waals surface area contributed by atoms with Gasteiger partial charge in [-0.3, -0.25) is 9.48 Å². The number of hydrogen-bond donors (Lipinski definition) is 1. The van der Waals surface area contributed by atoms with Crippen molar-refractivity contribution in [3.05, 3.63) is 54.0 Å². The molecule has 1 saturated heterocycles. The molecule has 0 unspecified atom stereocenters. The molecule has 1 aliphatic heterocycles. The molecule has 4 rings (SSSR count). The summed E-state index contributed by atoms with van der Waals surface area (Å²) >= 11 is 0. The second kappa shape index (κ2) is 9.82. The van der Waals surface area contributed by atoms with Crippen molar-refractivity contribution in [3.63, 3.8) is 0 Å². The number of nitriles is 1. The highest BCUT2D eigenvalue weighted by Crippen LogP contribution is 2.40. The van der Waals surface area contributed by atoms with Crippen molar-refractivity contribution in [2.45, 2.75) is 78.0 Å². The molecule has 0 aliphatic carbocycles. The van der Waals surface area contributed by atoms with Crippen LogP contribution in [0.4, 0.5) is 11.6 Å². The molecule has 1 aliphatic rings.